The maximum atomic E-state index is 12.4. The molecule has 1 aliphatic rings. The quantitative estimate of drug-likeness (QED) is 0.438. The number of piperidine rings is 1. The predicted molar refractivity (Wildman–Crippen MR) is 107 cm³/mol. The van der Waals surface area contributed by atoms with Gasteiger partial charge in [-0.15, -0.1) is 0 Å². The molecule has 0 spiro atoms. The van der Waals surface area contributed by atoms with Crippen LogP contribution < -0.4 is 21.5 Å². The summed E-state index contributed by atoms with van der Waals surface area (Å²) in [6, 6.07) is 12.1. The first-order chi connectivity index (χ1) is 14.5. The number of benzene rings is 1. The molecule has 0 aliphatic carbocycles. The molecule has 1 aliphatic heterocycles. The fourth-order valence-electron chi connectivity index (χ4n) is 3.04. The van der Waals surface area contributed by atoms with E-state index in [1.165, 1.54) is 6.26 Å². The highest BCUT2D eigenvalue weighted by molar-refractivity contribution is 6.35. The third kappa shape index (κ3) is 5.84. The van der Waals surface area contributed by atoms with E-state index in [-0.39, 0.29) is 19.1 Å². The van der Waals surface area contributed by atoms with Gasteiger partial charge in [-0.2, -0.15) is 0 Å². The van der Waals surface area contributed by atoms with Crippen LogP contribution in [0.15, 0.2) is 53.1 Å². The molecular weight excluding hydrogens is 390 g/mol. The van der Waals surface area contributed by atoms with Crippen molar-refractivity contribution in [2.75, 3.05) is 18.4 Å². The minimum atomic E-state index is -0.996. The number of hydrogen-bond donors (Lipinski definition) is 4. The van der Waals surface area contributed by atoms with Crippen molar-refractivity contribution in [3.8, 4) is 0 Å². The third-order valence-electron chi connectivity index (χ3n) is 4.61. The Bertz CT molecular complexity index is 884. The summed E-state index contributed by atoms with van der Waals surface area (Å²) in [5.41, 5.74) is 5.02. The molecule has 1 fully saturated rings. The lowest BCUT2D eigenvalue weighted by molar-refractivity contribution is -0.141. The minimum absolute atomic E-state index is 0.0569. The van der Waals surface area contributed by atoms with E-state index in [9.17, 15) is 19.2 Å². The molecule has 2 heterocycles. The number of furan rings is 1. The first-order valence-electron chi connectivity index (χ1n) is 9.54. The van der Waals surface area contributed by atoms with Crippen molar-refractivity contribution in [3.05, 3.63) is 54.5 Å². The van der Waals surface area contributed by atoms with Crippen molar-refractivity contribution in [1.29, 1.82) is 0 Å². The van der Waals surface area contributed by atoms with Gasteiger partial charge >= 0.3 is 17.8 Å². The van der Waals surface area contributed by atoms with Crippen LogP contribution in [0.5, 0.6) is 0 Å². The Morgan fingerprint density at radius 1 is 1.00 bits per heavy atom. The minimum Gasteiger partial charge on any atom is -0.467 e. The number of anilines is 1. The summed E-state index contributed by atoms with van der Waals surface area (Å²) in [5, 5.41) is 5.16. The molecule has 5 amide bonds. The second-order valence-corrected chi connectivity index (χ2v) is 6.79. The number of carbonyl (C=O) groups excluding carboxylic acids is 4. The Morgan fingerprint density at radius 3 is 2.53 bits per heavy atom. The van der Waals surface area contributed by atoms with Crippen molar-refractivity contribution < 1.29 is 23.6 Å². The van der Waals surface area contributed by atoms with Gasteiger partial charge in [-0.25, -0.2) is 4.79 Å². The molecule has 4 N–H and O–H groups in total. The summed E-state index contributed by atoms with van der Waals surface area (Å²) in [7, 11) is 0. The van der Waals surface area contributed by atoms with Gasteiger partial charge in [-0.05, 0) is 37.1 Å². The van der Waals surface area contributed by atoms with Gasteiger partial charge in [0.2, 0.25) is 5.91 Å². The zero-order valence-corrected chi connectivity index (χ0v) is 16.2. The van der Waals surface area contributed by atoms with E-state index in [4.69, 9.17) is 4.42 Å². The molecule has 30 heavy (non-hydrogen) atoms. The number of likely N-dealkylation sites (tertiary alicyclic amines) is 1. The van der Waals surface area contributed by atoms with Crippen molar-refractivity contribution in [2.24, 2.45) is 5.92 Å². The van der Waals surface area contributed by atoms with Crippen LogP contribution in [-0.4, -0.2) is 41.7 Å². The van der Waals surface area contributed by atoms with Gasteiger partial charge in [0.25, 0.3) is 0 Å². The van der Waals surface area contributed by atoms with Crippen molar-refractivity contribution >= 4 is 29.4 Å². The van der Waals surface area contributed by atoms with Crippen LogP contribution >= 0.6 is 0 Å². The number of hydrazine groups is 1. The number of hydrogen-bond acceptors (Lipinski definition) is 5. The highest BCUT2D eigenvalue weighted by Crippen LogP contribution is 2.18. The first kappa shape index (κ1) is 20.9. The Labute approximate surface area is 173 Å². The molecule has 0 unspecified atom stereocenters. The number of rotatable bonds is 4. The topological polar surface area (TPSA) is 133 Å². The van der Waals surface area contributed by atoms with E-state index >= 15 is 0 Å². The van der Waals surface area contributed by atoms with E-state index in [1.807, 2.05) is 18.2 Å². The lowest BCUT2D eigenvalue weighted by atomic mass is 9.98. The highest BCUT2D eigenvalue weighted by atomic mass is 16.3. The van der Waals surface area contributed by atoms with Crippen LogP contribution in [0.2, 0.25) is 0 Å². The molecule has 1 atom stereocenters. The Hall–Kier alpha value is -3.82. The Balaban J connectivity index is 1.42. The number of para-hydroxylation sites is 1. The van der Waals surface area contributed by atoms with E-state index < -0.39 is 23.6 Å². The van der Waals surface area contributed by atoms with Crippen LogP contribution in [0.25, 0.3) is 0 Å². The number of nitrogens with zero attached hydrogens (tertiary/aromatic N) is 1. The van der Waals surface area contributed by atoms with Gasteiger partial charge in [0.1, 0.15) is 5.76 Å². The van der Waals surface area contributed by atoms with Gasteiger partial charge in [0.15, 0.2) is 0 Å². The summed E-state index contributed by atoms with van der Waals surface area (Å²) >= 11 is 0. The molecule has 2 aromatic rings. The fourth-order valence-corrected chi connectivity index (χ4v) is 3.04. The van der Waals surface area contributed by atoms with Gasteiger partial charge < -0.3 is 20.0 Å². The molecule has 1 aromatic carbocycles. The molecule has 0 bridgehead atoms. The second-order valence-electron chi connectivity index (χ2n) is 6.79. The fraction of sp³-hybridized carbons (Fsp3) is 0.300. The van der Waals surface area contributed by atoms with Crippen LogP contribution in [0.3, 0.4) is 0 Å². The van der Waals surface area contributed by atoms with E-state index in [2.05, 4.69) is 21.5 Å². The number of carbonyl (C=O) groups is 4. The largest absolute Gasteiger partial charge is 0.467 e. The highest BCUT2D eigenvalue weighted by Gasteiger charge is 2.29. The van der Waals surface area contributed by atoms with Gasteiger partial charge in [-0.3, -0.25) is 25.2 Å². The van der Waals surface area contributed by atoms with Crippen LogP contribution in [-0.2, 0) is 20.9 Å². The van der Waals surface area contributed by atoms with E-state index in [0.29, 0.717) is 30.8 Å². The number of urea groups is 1. The standard InChI is InChI=1S/C20H23N5O5/c26-17(23-24-19(28)18(27)21-12-16-9-5-11-30-16)14-6-4-10-25(13-14)20(29)22-15-7-2-1-3-8-15/h1-3,5,7-9,11,14H,4,6,10,12-13H2,(H,21,27)(H,22,29)(H,23,26)(H,24,28)/t14-/m1/s1. The summed E-state index contributed by atoms with van der Waals surface area (Å²) in [6.45, 7) is 0.802. The maximum Gasteiger partial charge on any atom is 0.327 e. The van der Waals surface area contributed by atoms with Crippen molar-refractivity contribution in [1.82, 2.24) is 21.1 Å². The molecule has 158 valence electrons. The maximum absolute atomic E-state index is 12.4. The average molecular weight is 413 g/mol. The number of nitrogens with one attached hydrogen (secondary N) is 4. The molecule has 1 saturated heterocycles. The molecule has 0 radical (unpaired) electrons. The summed E-state index contributed by atoms with van der Waals surface area (Å²) in [4.78, 5) is 49.9. The van der Waals surface area contributed by atoms with E-state index in [0.717, 1.165) is 0 Å². The summed E-state index contributed by atoms with van der Waals surface area (Å²) < 4.78 is 5.05. The molecule has 3 rings (SSSR count). The Kier molecular flexibility index (Phi) is 7.04. The Morgan fingerprint density at radius 2 is 1.80 bits per heavy atom. The van der Waals surface area contributed by atoms with Crippen molar-refractivity contribution in [3.63, 3.8) is 0 Å². The molecule has 0 saturated carbocycles. The monoisotopic (exact) mass is 413 g/mol. The first-order valence-corrected chi connectivity index (χ1v) is 9.54. The zero-order valence-electron chi connectivity index (χ0n) is 16.2. The van der Waals surface area contributed by atoms with E-state index in [1.54, 1.807) is 29.2 Å². The molecule has 10 heteroatoms. The molecule has 1 aromatic heterocycles. The predicted octanol–water partition coefficient (Wildman–Crippen LogP) is 0.987. The molecular formula is C20H23N5O5. The normalized spacial score (nSPS) is 15.7. The third-order valence-corrected chi connectivity index (χ3v) is 4.61. The average Bonchev–Trinajstić information content (AvgIpc) is 3.30. The molecule has 10 nitrogen and oxygen atoms in total. The zero-order chi connectivity index (χ0) is 21.3. The SMILES string of the molecule is O=C(NCc1ccco1)C(=O)NNC(=O)[C@@H]1CCCN(C(=O)Nc2ccccc2)C1. The van der Waals surface area contributed by atoms with Gasteiger partial charge in [0.05, 0.1) is 18.7 Å². The van der Waals surface area contributed by atoms with Gasteiger partial charge in [-0.1, -0.05) is 18.2 Å². The smallest absolute Gasteiger partial charge is 0.327 e. The lowest BCUT2D eigenvalue weighted by Gasteiger charge is -2.32. The lowest BCUT2D eigenvalue weighted by Crippen LogP contribution is -2.53. The number of amides is 5. The van der Waals surface area contributed by atoms with Crippen LogP contribution in [0, 0.1) is 5.92 Å². The summed E-state index contributed by atoms with van der Waals surface area (Å²) in [5.74, 6) is -2.36. The summed E-state index contributed by atoms with van der Waals surface area (Å²) in [6.07, 6.45) is 2.68. The van der Waals surface area contributed by atoms with Crippen molar-refractivity contribution in [2.45, 2.75) is 19.4 Å². The van der Waals surface area contributed by atoms with Crippen LogP contribution in [0.1, 0.15) is 18.6 Å². The van der Waals surface area contributed by atoms with Gasteiger partial charge in [0, 0.05) is 18.8 Å². The van der Waals surface area contributed by atoms with Crippen LogP contribution in [0.4, 0.5) is 10.5 Å². The second kappa shape index (κ2) is 10.1.